The second-order valence-electron chi connectivity index (χ2n) is 5.89. The number of nitrogens with zero attached hydrogens (tertiary/aromatic N) is 2. The standard InChI is InChI=1S/C15H17F3N2O3/c1-10-4-5-11(23-10)14(22,15(16,17)18)8-12(21)20(2)13(9-19)6-3-7-13/h4-5,22H,3,6-8H2,1-2H3. The fourth-order valence-electron chi connectivity index (χ4n) is 2.59. The Kier molecular flexibility index (Phi) is 4.20. The van der Waals surface area contributed by atoms with Crippen LogP contribution in [0.3, 0.4) is 0 Å². The Hall–Kier alpha value is -2.01. The van der Waals surface area contributed by atoms with E-state index in [9.17, 15) is 28.3 Å². The molecule has 1 aliphatic rings. The Labute approximate surface area is 131 Å². The minimum atomic E-state index is -5.09. The number of aliphatic hydroxyl groups is 1. The Balaban J connectivity index is 2.29. The number of rotatable bonds is 4. The SMILES string of the molecule is Cc1ccc(C(O)(CC(=O)N(C)C2(C#N)CCC2)C(F)(F)F)o1. The van der Waals surface area contributed by atoms with Gasteiger partial charge in [-0.3, -0.25) is 4.79 Å². The quantitative estimate of drug-likeness (QED) is 0.920. The van der Waals surface area contributed by atoms with Crippen LogP contribution in [0.2, 0.25) is 0 Å². The van der Waals surface area contributed by atoms with Crippen molar-refractivity contribution in [3.05, 3.63) is 23.7 Å². The van der Waals surface area contributed by atoms with Crippen LogP contribution in [0.25, 0.3) is 0 Å². The zero-order chi connectivity index (χ0) is 17.5. The van der Waals surface area contributed by atoms with Gasteiger partial charge in [-0.2, -0.15) is 18.4 Å². The minimum absolute atomic E-state index is 0.191. The molecule has 1 amide bonds. The van der Waals surface area contributed by atoms with Crippen molar-refractivity contribution in [2.24, 2.45) is 0 Å². The molecule has 0 aliphatic heterocycles. The molecule has 1 atom stereocenters. The summed E-state index contributed by atoms with van der Waals surface area (Å²) >= 11 is 0. The van der Waals surface area contributed by atoms with Gasteiger partial charge < -0.3 is 14.4 Å². The van der Waals surface area contributed by atoms with E-state index in [1.807, 2.05) is 6.07 Å². The summed E-state index contributed by atoms with van der Waals surface area (Å²) in [7, 11) is 1.29. The molecule has 0 spiro atoms. The molecule has 0 radical (unpaired) electrons. The van der Waals surface area contributed by atoms with Crippen LogP contribution >= 0.6 is 0 Å². The van der Waals surface area contributed by atoms with Gasteiger partial charge >= 0.3 is 6.18 Å². The third-order valence-electron chi connectivity index (χ3n) is 4.43. The molecule has 1 fully saturated rings. The van der Waals surface area contributed by atoms with Gasteiger partial charge in [0.1, 0.15) is 17.1 Å². The molecule has 23 heavy (non-hydrogen) atoms. The summed E-state index contributed by atoms with van der Waals surface area (Å²) in [6, 6.07) is 4.26. The maximum atomic E-state index is 13.4. The van der Waals surface area contributed by atoms with Crippen LogP contribution in [0.1, 0.15) is 37.2 Å². The lowest BCUT2D eigenvalue weighted by atomic mass is 9.76. The predicted octanol–water partition coefficient (Wildman–Crippen LogP) is 2.63. The van der Waals surface area contributed by atoms with Gasteiger partial charge in [-0.1, -0.05) is 0 Å². The van der Waals surface area contributed by atoms with Crippen LogP contribution in [-0.2, 0) is 10.4 Å². The third-order valence-corrected chi connectivity index (χ3v) is 4.43. The first-order valence-electron chi connectivity index (χ1n) is 7.10. The van der Waals surface area contributed by atoms with Crippen molar-refractivity contribution in [1.82, 2.24) is 4.90 Å². The molecule has 2 rings (SSSR count). The third kappa shape index (κ3) is 2.81. The lowest BCUT2D eigenvalue weighted by Gasteiger charge is -2.43. The number of aryl methyl sites for hydroxylation is 1. The van der Waals surface area contributed by atoms with Gasteiger partial charge in [0.15, 0.2) is 0 Å². The molecule has 5 nitrogen and oxygen atoms in total. The molecule has 0 bridgehead atoms. The predicted molar refractivity (Wildman–Crippen MR) is 73.0 cm³/mol. The minimum Gasteiger partial charge on any atom is -0.463 e. The number of carbonyl (C=O) groups is 1. The first-order chi connectivity index (χ1) is 10.6. The Morgan fingerprint density at radius 3 is 2.43 bits per heavy atom. The summed E-state index contributed by atoms with van der Waals surface area (Å²) in [5.74, 6) is -1.50. The summed E-state index contributed by atoms with van der Waals surface area (Å²) in [5, 5.41) is 19.3. The number of hydrogen-bond donors (Lipinski definition) is 1. The van der Waals surface area contributed by atoms with Gasteiger partial charge in [-0.25, -0.2) is 0 Å². The molecule has 126 valence electrons. The molecule has 1 unspecified atom stereocenters. The lowest BCUT2D eigenvalue weighted by Crippen LogP contribution is -2.55. The van der Waals surface area contributed by atoms with Gasteiger partial charge in [0.05, 0.1) is 12.5 Å². The fraction of sp³-hybridized carbons (Fsp3) is 0.600. The molecule has 1 aromatic rings. The summed E-state index contributed by atoms with van der Waals surface area (Å²) in [6.45, 7) is 1.44. The zero-order valence-corrected chi connectivity index (χ0v) is 12.8. The van der Waals surface area contributed by atoms with E-state index in [1.165, 1.54) is 20.0 Å². The highest BCUT2D eigenvalue weighted by Gasteiger charge is 2.59. The first-order valence-corrected chi connectivity index (χ1v) is 7.10. The van der Waals surface area contributed by atoms with Crippen LogP contribution in [0.5, 0.6) is 0 Å². The van der Waals surface area contributed by atoms with Crippen molar-refractivity contribution in [2.45, 2.75) is 49.9 Å². The number of amides is 1. The molecule has 1 heterocycles. The summed E-state index contributed by atoms with van der Waals surface area (Å²) in [6.07, 6.45) is -4.77. The molecular formula is C15H17F3N2O3. The largest absolute Gasteiger partial charge is 0.463 e. The highest BCUT2D eigenvalue weighted by atomic mass is 19.4. The van der Waals surface area contributed by atoms with E-state index >= 15 is 0 Å². The molecule has 8 heteroatoms. The van der Waals surface area contributed by atoms with E-state index in [4.69, 9.17) is 4.42 Å². The van der Waals surface area contributed by atoms with Crippen LogP contribution in [0.4, 0.5) is 13.2 Å². The fourth-order valence-corrected chi connectivity index (χ4v) is 2.59. The average molecular weight is 330 g/mol. The number of hydrogen-bond acceptors (Lipinski definition) is 4. The smallest absolute Gasteiger partial charge is 0.425 e. The zero-order valence-electron chi connectivity index (χ0n) is 12.8. The molecular weight excluding hydrogens is 313 g/mol. The monoisotopic (exact) mass is 330 g/mol. The Morgan fingerprint density at radius 1 is 1.48 bits per heavy atom. The summed E-state index contributed by atoms with van der Waals surface area (Å²) < 4.78 is 45.0. The highest BCUT2D eigenvalue weighted by Crippen LogP contribution is 2.44. The first kappa shape index (κ1) is 17.3. The van der Waals surface area contributed by atoms with Crippen LogP contribution in [-0.4, -0.2) is 34.7 Å². The van der Waals surface area contributed by atoms with E-state index < -0.39 is 35.4 Å². The van der Waals surface area contributed by atoms with Gasteiger partial charge in [0.25, 0.3) is 0 Å². The highest BCUT2D eigenvalue weighted by molar-refractivity contribution is 5.79. The maximum absolute atomic E-state index is 13.4. The maximum Gasteiger partial charge on any atom is 0.425 e. The second kappa shape index (κ2) is 5.57. The van der Waals surface area contributed by atoms with E-state index in [0.717, 1.165) is 17.4 Å². The lowest BCUT2D eigenvalue weighted by molar-refractivity contribution is -0.274. The van der Waals surface area contributed by atoms with Crippen LogP contribution in [0, 0.1) is 18.3 Å². The topological polar surface area (TPSA) is 77.5 Å². The second-order valence-corrected chi connectivity index (χ2v) is 5.89. The van der Waals surface area contributed by atoms with Crippen molar-refractivity contribution in [1.29, 1.82) is 5.26 Å². The van der Waals surface area contributed by atoms with Gasteiger partial charge in [0.2, 0.25) is 11.5 Å². The number of furan rings is 1. The Morgan fingerprint density at radius 2 is 2.09 bits per heavy atom. The molecule has 0 aromatic carbocycles. The van der Waals surface area contributed by atoms with E-state index in [-0.39, 0.29) is 5.76 Å². The van der Waals surface area contributed by atoms with Crippen molar-refractivity contribution in [3.8, 4) is 6.07 Å². The van der Waals surface area contributed by atoms with E-state index in [2.05, 4.69) is 0 Å². The normalized spacial score (nSPS) is 19.3. The summed E-state index contributed by atoms with van der Waals surface area (Å²) in [5.41, 5.74) is -4.50. The average Bonchev–Trinajstić information content (AvgIpc) is 2.83. The van der Waals surface area contributed by atoms with Crippen molar-refractivity contribution in [2.75, 3.05) is 7.05 Å². The van der Waals surface area contributed by atoms with Gasteiger partial charge in [-0.05, 0) is 38.3 Å². The molecule has 1 saturated carbocycles. The van der Waals surface area contributed by atoms with Crippen molar-refractivity contribution >= 4 is 5.91 Å². The Bertz CT molecular complexity index is 643. The number of nitriles is 1. The number of carbonyl (C=O) groups excluding carboxylic acids is 1. The van der Waals surface area contributed by atoms with E-state index in [1.54, 1.807) is 0 Å². The van der Waals surface area contributed by atoms with Crippen LogP contribution < -0.4 is 0 Å². The number of alkyl halides is 3. The van der Waals surface area contributed by atoms with Crippen molar-refractivity contribution in [3.63, 3.8) is 0 Å². The molecule has 1 N–H and O–H groups in total. The van der Waals surface area contributed by atoms with E-state index in [0.29, 0.717) is 12.8 Å². The molecule has 0 saturated heterocycles. The van der Waals surface area contributed by atoms with Crippen molar-refractivity contribution < 1.29 is 27.5 Å². The van der Waals surface area contributed by atoms with Gasteiger partial charge in [0, 0.05) is 7.05 Å². The summed E-state index contributed by atoms with van der Waals surface area (Å²) in [4.78, 5) is 13.3. The number of halogens is 3. The van der Waals surface area contributed by atoms with Crippen LogP contribution in [0.15, 0.2) is 16.5 Å². The molecule has 1 aliphatic carbocycles. The molecule has 1 aromatic heterocycles. The van der Waals surface area contributed by atoms with Gasteiger partial charge in [-0.15, -0.1) is 0 Å².